The van der Waals surface area contributed by atoms with Gasteiger partial charge in [0.1, 0.15) is 11.9 Å². The number of carbonyl (C=O) groups excluding carboxylic acids is 1. The number of aliphatic carboxylic acids is 1. The number of benzene rings is 1. The molecule has 0 saturated carbocycles. The molecule has 82 valence electrons. The summed E-state index contributed by atoms with van der Waals surface area (Å²) in [4.78, 5) is 10.4. The Labute approximate surface area is 102 Å². The molecule has 6 heteroatoms. The number of ether oxygens (including phenoxy) is 1. The van der Waals surface area contributed by atoms with Crippen LogP contribution in [0.1, 0.15) is 6.92 Å². The van der Waals surface area contributed by atoms with Crippen molar-refractivity contribution in [3.63, 3.8) is 0 Å². The van der Waals surface area contributed by atoms with Crippen molar-refractivity contribution < 1.29 is 14.6 Å². The molecule has 0 aliphatic carbocycles. The minimum Gasteiger partial charge on any atom is -0.546 e. The van der Waals surface area contributed by atoms with E-state index < -0.39 is 12.1 Å². The molecular formula is C9H6Cl3O3-. The lowest BCUT2D eigenvalue weighted by Crippen LogP contribution is -2.37. The molecule has 0 bridgehead atoms. The molecule has 1 atom stereocenters. The van der Waals surface area contributed by atoms with Crippen molar-refractivity contribution in [3.05, 3.63) is 27.2 Å². The van der Waals surface area contributed by atoms with Gasteiger partial charge in [-0.15, -0.1) is 0 Å². The largest absolute Gasteiger partial charge is 0.546 e. The highest BCUT2D eigenvalue weighted by molar-refractivity contribution is 6.43. The van der Waals surface area contributed by atoms with Gasteiger partial charge in [0.15, 0.2) is 0 Å². The van der Waals surface area contributed by atoms with Gasteiger partial charge in [-0.2, -0.15) is 0 Å². The zero-order valence-corrected chi connectivity index (χ0v) is 9.86. The predicted molar refractivity (Wildman–Crippen MR) is 56.6 cm³/mol. The van der Waals surface area contributed by atoms with Gasteiger partial charge in [-0.3, -0.25) is 0 Å². The normalized spacial score (nSPS) is 12.3. The molecule has 1 aromatic rings. The van der Waals surface area contributed by atoms with E-state index in [2.05, 4.69) is 0 Å². The highest BCUT2D eigenvalue weighted by atomic mass is 35.5. The zero-order chi connectivity index (χ0) is 11.6. The molecule has 0 spiro atoms. The van der Waals surface area contributed by atoms with Crippen molar-refractivity contribution in [1.82, 2.24) is 0 Å². The molecule has 0 N–H and O–H groups in total. The fraction of sp³-hybridized carbons (Fsp3) is 0.222. The number of hydrogen-bond acceptors (Lipinski definition) is 3. The summed E-state index contributed by atoms with van der Waals surface area (Å²) in [7, 11) is 0. The summed E-state index contributed by atoms with van der Waals surface area (Å²) in [5.41, 5.74) is 0. The SMILES string of the molecule is C[C@H](Oc1cc(Cl)c(Cl)cc1Cl)C(=O)[O-]. The summed E-state index contributed by atoms with van der Waals surface area (Å²) in [5.74, 6) is -1.18. The Hall–Kier alpha value is -0.640. The standard InChI is InChI=1S/C9H7Cl3O3/c1-4(9(13)14)15-8-3-6(11)5(10)2-7(8)12/h2-4H,1H3,(H,13,14)/p-1/t4-/m0/s1. The van der Waals surface area contributed by atoms with E-state index in [4.69, 9.17) is 39.5 Å². The quantitative estimate of drug-likeness (QED) is 0.789. The number of carboxylic acid groups (broad SMARTS) is 1. The molecule has 3 nitrogen and oxygen atoms in total. The van der Waals surface area contributed by atoms with Gasteiger partial charge < -0.3 is 14.6 Å². The lowest BCUT2D eigenvalue weighted by Gasteiger charge is -2.16. The predicted octanol–water partition coefficient (Wildman–Crippen LogP) is 2.16. The van der Waals surface area contributed by atoms with Crippen LogP contribution in [0.2, 0.25) is 15.1 Å². The number of carboxylic acids is 1. The fourth-order valence-electron chi connectivity index (χ4n) is 0.833. The first-order valence-electron chi connectivity index (χ1n) is 3.94. The molecule has 0 aliphatic rings. The van der Waals surface area contributed by atoms with Crippen LogP contribution in [0.3, 0.4) is 0 Å². The summed E-state index contributed by atoms with van der Waals surface area (Å²) < 4.78 is 5.01. The van der Waals surface area contributed by atoms with Gasteiger partial charge in [-0.25, -0.2) is 0 Å². The second-order valence-electron chi connectivity index (χ2n) is 2.78. The van der Waals surface area contributed by atoms with Crippen LogP contribution in [0.15, 0.2) is 12.1 Å². The summed E-state index contributed by atoms with van der Waals surface area (Å²) in [6.07, 6.45) is -1.11. The van der Waals surface area contributed by atoms with E-state index in [9.17, 15) is 9.90 Å². The van der Waals surface area contributed by atoms with Crippen LogP contribution < -0.4 is 9.84 Å². The van der Waals surface area contributed by atoms with Crippen molar-refractivity contribution in [2.45, 2.75) is 13.0 Å². The van der Waals surface area contributed by atoms with Gasteiger partial charge in [-0.1, -0.05) is 34.8 Å². The molecule has 0 saturated heterocycles. The van der Waals surface area contributed by atoms with Gasteiger partial charge in [0.2, 0.25) is 0 Å². The smallest absolute Gasteiger partial charge is 0.140 e. The lowest BCUT2D eigenvalue weighted by molar-refractivity contribution is -0.312. The molecule has 0 aliphatic heterocycles. The van der Waals surface area contributed by atoms with Gasteiger partial charge in [-0.05, 0) is 13.0 Å². The molecule has 0 fully saturated rings. The highest BCUT2D eigenvalue weighted by Gasteiger charge is 2.11. The Morgan fingerprint density at radius 3 is 2.33 bits per heavy atom. The van der Waals surface area contributed by atoms with E-state index in [1.54, 1.807) is 0 Å². The van der Waals surface area contributed by atoms with E-state index >= 15 is 0 Å². The monoisotopic (exact) mass is 267 g/mol. The second kappa shape index (κ2) is 4.92. The van der Waals surface area contributed by atoms with Crippen molar-refractivity contribution >= 4 is 40.8 Å². The van der Waals surface area contributed by atoms with E-state index in [1.807, 2.05) is 0 Å². The molecule has 15 heavy (non-hydrogen) atoms. The minimum atomic E-state index is -1.34. The van der Waals surface area contributed by atoms with Gasteiger partial charge in [0, 0.05) is 6.07 Å². The van der Waals surface area contributed by atoms with Crippen LogP contribution in [-0.4, -0.2) is 12.1 Å². The first-order chi connectivity index (χ1) is 6.91. The molecule has 0 radical (unpaired) electrons. The molecule has 1 rings (SSSR count). The van der Waals surface area contributed by atoms with E-state index in [0.717, 1.165) is 0 Å². The Kier molecular flexibility index (Phi) is 4.08. The number of carbonyl (C=O) groups is 1. The fourth-order valence-corrected chi connectivity index (χ4v) is 1.41. The molecule has 0 amide bonds. The van der Waals surface area contributed by atoms with Gasteiger partial charge >= 0.3 is 0 Å². The Morgan fingerprint density at radius 2 is 1.80 bits per heavy atom. The van der Waals surface area contributed by atoms with Crippen LogP contribution in [0.25, 0.3) is 0 Å². The van der Waals surface area contributed by atoms with Crippen LogP contribution in [-0.2, 0) is 4.79 Å². The zero-order valence-electron chi connectivity index (χ0n) is 7.59. The Balaban J connectivity index is 2.95. The first-order valence-corrected chi connectivity index (χ1v) is 5.07. The Bertz CT molecular complexity index is 392. The molecule has 0 aromatic heterocycles. The van der Waals surface area contributed by atoms with Crippen molar-refractivity contribution in [2.75, 3.05) is 0 Å². The maximum atomic E-state index is 10.4. The molecule has 1 aromatic carbocycles. The molecule has 0 unspecified atom stereocenters. The summed E-state index contributed by atoms with van der Waals surface area (Å²) in [6.45, 7) is 1.33. The third-order valence-electron chi connectivity index (χ3n) is 1.61. The third kappa shape index (κ3) is 3.16. The van der Waals surface area contributed by atoms with Crippen LogP contribution in [0.5, 0.6) is 5.75 Å². The van der Waals surface area contributed by atoms with Gasteiger partial charge in [0.05, 0.1) is 21.0 Å². The van der Waals surface area contributed by atoms with E-state index in [0.29, 0.717) is 0 Å². The van der Waals surface area contributed by atoms with E-state index in [1.165, 1.54) is 19.1 Å². The van der Waals surface area contributed by atoms with Crippen molar-refractivity contribution in [1.29, 1.82) is 0 Å². The number of hydrogen-bond donors (Lipinski definition) is 0. The summed E-state index contributed by atoms with van der Waals surface area (Å²) in [6, 6.07) is 2.73. The summed E-state index contributed by atoms with van der Waals surface area (Å²) in [5, 5.41) is 11.1. The topological polar surface area (TPSA) is 49.4 Å². The lowest BCUT2D eigenvalue weighted by atomic mass is 10.3. The van der Waals surface area contributed by atoms with Crippen LogP contribution in [0, 0.1) is 0 Å². The maximum Gasteiger partial charge on any atom is 0.140 e. The molecule has 0 heterocycles. The van der Waals surface area contributed by atoms with Crippen LogP contribution >= 0.6 is 34.8 Å². The first kappa shape index (κ1) is 12.4. The van der Waals surface area contributed by atoms with E-state index in [-0.39, 0.29) is 20.8 Å². The average Bonchev–Trinajstić information content (AvgIpc) is 2.13. The van der Waals surface area contributed by atoms with Crippen molar-refractivity contribution in [2.24, 2.45) is 0 Å². The summed E-state index contributed by atoms with van der Waals surface area (Å²) >= 11 is 17.2. The average molecular weight is 269 g/mol. The maximum absolute atomic E-state index is 10.4. The second-order valence-corrected chi connectivity index (χ2v) is 4.00. The van der Waals surface area contributed by atoms with Crippen molar-refractivity contribution in [3.8, 4) is 5.75 Å². The van der Waals surface area contributed by atoms with Crippen LogP contribution in [0.4, 0.5) is 0 Å². The third-order valence-corrected chi connectivity index (χ3v) is 2.63. The minimum absolute atomic E-state index is 0.155. The van der Waals surface area contributed by atoms with Gasteiger partial charge in [0.25, 0.3) is 0 Å². The molecular weight excluding hydrogens is 262 g/mol. The highest BCUT2D eigenvalue weighted by Crippen LogP contribution is 2.34. The number of halogens is 3. The Morgan fingerprint density at radius 1 is 1.27 bits per heavy atom. The number of rotatable bonds is 3.